The first kappa shape index (κ1) is 14.6. The van der Waals surface area contributed by atoms with Crippen molar-refractivity contribution in [3.05, 3.63) is 11.4 Å². The summed E-state index contributed by atoms with van der Waals surface area (Å²) in [5.74, 6) is 2.12. The van der Waals surface area contributed by atoms with Crippen molar-refractivity contribution in [1.82, 2.24) is 15.3 Å². The lowest BCUT2D eigenvalue weighted by Gasteiger charge is -2.26. The van der Waals surface area contributed by atoms with Gasteiger partial charge in [0.1, 0.15) is 23.5 Å². The van der Waals surface area contributed by atoms with Gasteiger partial charge in [0, 0.05) is 25.6 Å². The number of nitrogens with one attached hydrogen (secondary N) is 1. The number of hydrogen-bond donors (Lipinski definition) is 2. The number of anilines is 2. The van der Waals surface area contributed by atoms with Gasteiger partial charge in [-0.1, -0.05) is 6.92 Å². The Hall–Kier alpha value is -1.85. The van der Waals surface area contributed by atoms with Crippen LogP contribution in [0.25, 0.3) is 0 Å². The fourth-order valence-corrected chi connectivity index (χ4v) is 2.64. The van der Waals surface area contributed by atoms with E-state index < -0.39 is 0 Å². The smallest absolute Gasteiger partial charge is 0.242 e. The molecule has 0 bridgehead atoms. The second-order valence-electron chi connectivity index (χ2n) is 5.19. The van der Waals surface area contributed by atoms with E-state index in [9.17, 15) is 4.79 Å². The second-order valence-corrected chi connectivity index (χ2v) is 5.19. The summed E-state index contributed by atoms with van der Waals surface area (Å²) in [4.78, 5) is 23.0. The number of amides is 1. The molecule has 20 heavy (non-hydrogen) atoms. The number of aryl methyl sites for hydroxylation is 1. The standard InChI is InChI=1S/C14H23N5O/c1-4-6-11-17-12(15)9(2)13(18-11)19-8-5-7-10(19)14(20)16-3/h10H,4-8H2,1-3H3,(H,16,20)(H2,15,17,18). The molecule has 1 saturated heterocycles. The molecular formula is C14H23N5O. The molecule has 6 heteroatoms. The maximum atomic E-state index is 12.0. The monoisotopic (exact) mass is 277 g/mol. The fourth-order valence-electron chi connectivity index (χ4n) is 2.64. The number of carbonyl (C=O) groups is 1. The van der Waals surface area contributed by atoms with Crippen LogP contribution < -0.4 is 16.0 Å². The topological polar surface area (TPSA) is 84.1 Å². The van der Waals surface area contributed by atoms with Gasteiger partial charge in [0.2, 0.25) is 5.91 Å². The summed E-state index contributed by atoms with van der Waals surface area (Å²) < 4.78 is 0. The summed E-state index contributed by atoms with van der Waals surface area (Å²) in [6.45, 7) is 4.84. The van der Waals surface area contributed by atoms with E-state index in [2.05, 4.69) is 27.1 Å². The Labute approximate surface area is 119 Å². The van der Waals surface area contributed by atoms with Gasteiger partial charge in [-0.25, -0.2) is 9.97 Å². The van der Waals surface area contributed by atoms with Gasteiger partial charge >= 0.3 is 0 Å². The van der Waals surface area contributed by atoms with Crippen LogP contribution in [0.4, 0.5) is 11.6 Å². The molecule has 2 heterocycles. The molecule has 3 N–H and O–H groups in total. The number of nitrogen functional groups attached to an aromatic ring is 1. The molecule has 0 aliphatic carbocycles. The first-order valence-electron chi connectivity index (χ1n) is 7.19. The summed E-state index contributed by atoms with van der Waals surface area (Å²) in [6, 6.07) is -0.150. The molecule has 0 spiro atoms. The van der Waals surface area contributed by atoms with Crippen molar-refractivity contribution in [2.75, 3.05) is 24.2 Å². The number of rotatable bonds is 4. The first-order valence-corrected chi connectivity index (χ1v) is 7.19. The molecule has 0 saturated carbocycles. The lowest BCUT2D eigenvalue weighted by molar-refractivity contribution is -0.121. The van der Waals surface area contributed by atoms with Gasteiger partial charge in [-0.05, 0) is 26.2 Å². The zero-order chi connectivity index (χ0) is 14.7. The van der Waals surface area contributed by atoms with Crippen molar-refractivity contribution in [3.63, 3.8) is 0 Å². The van der Waals surface area contributed by atoms with Gasteiger partial charge in [-0.2, -0.15) is 0 Å². The molecule has 110 valence electrons. The molecule has 1 atom stereocenters. The van der Waals surface area contributed by atoms with Crippen molar-refractivity contribution in [2.24, 2.45) is 0 Å². The van der Waals surface area contributed by atoms with Crippen molar-refractivity contribution in [1.29, 1.82) is 0 Å². The van der Waals surface area contributed by atoms with E-state index in [1.165, 1.54) is 0 Å². The minimum absolute atomic E-state index is 0.0381. The Balaban J connectivity index is 2.37. The number of likely N-dealkylation sites (N-methyl/N-ethyl adjacent to an activating group) is 1. The van der Waals surface area contributed by atoms with Gasteiger partial charge in [-0.3, -0.25) is 4.79 Å². The molecule has 1 fully saturated rings. The molecule has 1 aliphatic heterocycles. The summed E-state index contributed by atoms with van der Waals surface area (Å²) in [7, 11) is 1.67. The van der Waals surface area contributed by atoms with Crippen LogP contribution in [0.1, 0.15) is 37.6 Å². The number of hydrogen-bond acceptors (Lipinski definition) is 5. The van der Waals surface area contributed by atoms with E-state index in [0.29, 0.717) is 5.82 Å². The Morgan fingerprint density at radius 2 is 2.25 bits per heavy atom. The molecule has 1 aromatic rings. The van der Waals surface area contributed by atoms with Gasteiger partial charge in [-0.15, -0.1) is 0 Å². The van der Waals surface area contributed by atoms with E-state index in [1.54, 1.807) is 7.05 Å². The molecule has 6 nitrogen and oxygen atoms in total. The highest BCUT2D eigenvalue weighted by molar-refractivity contribution is 5.85. The van der Waals surface area contributed by atoms with Crippen LogP contribution in [0, 0.1) is 6.92 Å². The molecule has 1 unspecified atom stereocenters. The number of aromatic nitrogens is 2. The average molecular weight is 277 g/mol. The maximum Gasteiger partial charge on any atom is 0.242 e. The Bertz CT molecular complexity index is 503. The van der Waals surface area contributed by atoms with E-state index >= 15 is 0 Å². The highest BCUT2D eigenvalue weighted by Gasteiger charge is 2.32. The van der Waals surface area contributed by atoms with E-state index in [1.807, 2.05) is 6.92 Å². The predicted octanol–water partition coefficient (Wildman–Crippen LogP) is 1.03. The van der Waals surface area contributed by atoms with Crippen LogP contribution >= 0.6 is 0 Å². The van der Waals surface area contributed by atoms with Gasteiger partial charge in [0.25, 0.3) is 0 Å². The molecule has 0 aromatic carbocycles. The predicted molar refractivity (Wildman–Crippen MR) is 79.6 cm³/mol. The van der Waals surface area contributed by atoms with Crippen LogP contribution in [0.2, 0.25) is 0 Å². The zero-order valence-corrected chi connectivity index (χ0v) is 12.4. The molecule has 2 rings (SSSR count). The molecule has 1 aliphatic rings. The van der Waals surface area contributed by atoms with Crippen molar-refractivity contribution >= 4 is 17.5 Å². The minimum Gasteiger partial charge on any atom is -0.383 e. The number of nitrogens with two attached hydrogens (primary N) is 1. The Morgan fingerprint density at radius 3 is 2.90 bits per heavy atom. The molecule has 1 aromatic heterocycles. The van der Waals surface area contributed by atoms with Crippen molar-refractivity contribution < 1.29 is 4.79 Å². The quantitative estimate of drug-likeness (QED) is 0.859. The molecular weight excluding hydrogens is 254 g/mol. The van der Waals surface area contributed by atoms with E-state index in [-0.39, 0.29) is 11.9 Å². The van der Waals surface area contributed by atoms with Crippen LogP contribution in [0.3, 0.4) is 0 Å². The summed E-state index contributed by atoms with van der Waals surface area (Å²) in [5, 5.41) is 2.73. The largest absolute Gasteiger partial charge is 0.383 e. The highest BCUT2D eigenvalue weighted by atomic mass is 16.2. The summed E-state index contributed by atoms with van der Waals surface area (Å²) in [6.07, 6.45) is 3.62. The zero-order valence-electron chi connectivity index (χ0n) is 12.4. The average Bonchev–Trinajstić information content (AvgIpc) is 2.91. The second kappa shape index (κ2) is 6.07. The lowest BCUT2D eigenvalue weighted by Crippen LogP contribution is -2.42. The third-order valence-corrected chi connectivity index (χ3v) is 3.75. The maximum absolute atomic E-state index is 12.0. The van der Waals surface area contributed by atoms with Crippen molar-refractivity contribution in [3.8, 4) is 0 Å². The summed E-state index contributed by atoms with van der Waals surface area (Å²) >= 11 is 0. The molecule has 1 amide bonds. The SMILES string of the molecule is CCCc1nc(N)c(C)c(N2CCCC2C(=O)NC)n1. The van der Waals surface area contributed by atoms with Crippen LogP contribution in [-0.2, 0) is 11.2 Å². The van der Waals surface area contributed by atoms with Crippen LogP contribution in [-0.4, -0.2) is 35.5 Å². The van der Waals surface area contributed by atoms with E-state index in [4.69, 9.17) is 5.73 Å². The summed E-state index contributed by atoms with van der Waals surface area (Å²) in [5.41, 5.74) is 6.86. The Kier molecular flexibility index (Phi) is 4.42. The van der Waals surface area contributed by atoms with Crippen molar-refractivity contribution in [2.45, 2.75) is 45.6 Å². The van der Waals surface area contributed by atoms with Gasteiger partial charge in [0.05, 0.1) is 0 Å². The van der Waals surface area contributed by atoms with Crippen LogP contribution in [0.15, 0.2) is 0 Å². The fraction of sp³-hybridized carbons (Fsp3) is 0.643. The molecule has 0 radical (unpaired) electrons. The number of nitrogens with zero attached hydrogens (tertiary/aromatic N) is 3. The minimum atomic E-state index is -0.150. The normalized spacial score (nSPS) is 18.4. The van der Waals surface area contributed by atoms with Gasteiger partial charge < -0.3 is 16.0 Å². The lowest BCUT2D eigenvalue weighted by atomic mass is 10.2. The van der Waals surface area contributed by atoms with Crippen LogP contribution in [0.5, 0.6) is 0 Å². The van der Waals surface area contributed by atoms with Gasteiger partial charge in [0.15, 0.2) is 0 Å². The highest BCUT2D eigenvalue weighted by Crippen LogP contribution is 2.29. The first-order chi connectivity index (χ1) is 9.58. The third kappa shape index (κ3) is 2.69. The third-order valence-electron chi connectivity index (χ3n) is 3.75. The Morgan fingerprint density at radius 1 is 1.50 bits per heavy atom. The van der Waals surface area contributed by atoms with E-state index in [0.717, 1.165) is 49.4 Å². The number of carbonyl (C=O) groups excluding carboxylic acids is 1.